The highest BCUT2D eigenvalue weighted by Gasteiger charge is 2.00. The maximum Gasteiger partial charge on any atom is 0.108 e. The number of rotatable bonds is 6. The molecule has 1 unspecified atom stereocenters. The van der Waals surface area contributed by atoms with E-state index < -0.39 is 0 Å². The normalized spacial score (nSPS) is 13.1. The Labute approximate surface area is 86.5 Å². The van der Waals surface area contributed by atoms with Crippen molar-refractivity contribution >= 4 is 0 Å². The first kappa shape index (κ1) is 11.2. The molecule has 0 aliphatic rings. The van der Waals surface area contributed by atoms with Crippen LogP contribution in [0.3, 0.4) is 0 Å². The molecule has 1 rings (SSSR count). The van der Waals surface area contributed by atoms with Gasteiger partial charge in [0.2, 0.25) is 0 Å². The van der Waals surface area contributed by atoms with Gasteiger partial charge in [-0.25, -0.2) is 4.98 Å². The SMILES string of the molecule is CNC(C)CCCCc1nccn1C. The molecule has 14 heavy (non-hydrogen) atoms. The van der Waals surface area contributed by atoms with Crippen LogP contribution >= 0.6 is 0 Å². The monoisotopic (exact) mass is 195 g/mol. The van der Waals surface area contributed by atoms with E-state index in [1.54, 1.807) is 0 Å². The Bertz CT molecular complexity index is 255. The molecule has 3 heteroatoms. The summed E-state index contributed by atoms with van der Waals surface area (Å²) in [5, 5.41) is 3.25. The predicted molar refractivity (Wildman–Crippen MR) is 59.3 cm³/mol. The fraction of sp³-hybridized carbons (Fsp3) is 0.727. The van der Waals surface area contributed by atoms with Gasteiger partial charge in [0.15, 0.2) is 0 Å². The van der Waals surface area contributed by atoms with Crippen LogP contribution in [0.15, 0.2) is 12.4 Å². The predicted octanol–water partition coefficient (Wildman–Crippen LogP) is 1.74. The molecule has 1 heterocycles. The maximum absolute atomic E-state index is 4.30. The number of nitrogens with zero attached hydrogens (tertiary/aromatic N) is 2. The second kappa shape index (κ2) is 5.81. The van der Waals surface area contributed by atoms with Gasteiger partial charge in [-0.3, -0.25) is 0 Å². The summed E-state index contributed by atoms with van der Waals surface area (Å²) >= 11 is 0. The topological polar surface area (TPSA) is 29.9 Å². The Balaban J connectivity index is 2.13. The minimum absolute atomic E-state index is 0.636. The number of aryl methyl sites for hydroxylation is 2. The molecule has 1 aromatic heterocycles. The molecular weight excluding hydrogens is 174 g/mol. The number of hydrogen-bond donors (Lipinski definition) is 1. The first-order valence-electron chi connectivity index (χ1n) is 5.37. The Kier molecular flexibility index (Phi) is 4.66. The molecule has 0 fully saturated rings. The molecule has 0 aromatic carbocycles. The lowest BCUT2D eigenvalue weighted by Crippen LogP contribution is -2.20. The van der Waals surface area contributed by atoms with Gasteiger partial charge in [-0.05, 0) is 26.8 Å². The number of nitrogens with one attached hydrogen (secondary N) is 1. The van der Waals surface area contributed by atoms with Crippen LogP contribution in [-0.4, -0.2) is 22.6 Å². The van der Waals surface area contributed by atoms with Gasteiger partial charge in [0.1, 0.15) is 5.82 Å². The molecule has 1 atom stereocenters. The highest BCUT2D eigenvalue weighted by Crippen LogP contribution is 2.05. The van der Waals surface area contributed by atoms with Gasteiger partial charge < -0.3 is 9.88 Å². The van der Waals surface area contributed by atoms with Gasteiger partial charge in [0, 0.05) is 31.9 Å². The second-order valence-corrected chi connectivity index (χ2v) is 3.89. The molecule has 1 N–H and O–H groups in total. The Hall–Kier alpha value is -0.830. The van der Waals surface area contributed by atoms with E-state index in [0.29, 0.717) is 6.04 Å². The molecule has 0 aliphatic carbocycles. The molecular formula is C11H21N3. The molecule has 0 saturated carbocycles. The van der Waals surface area contributed by atoms with E-state index in [2.05, 4.69) is 28.8 Å². The van der Waals surface area contributed by atoms with Gasteiger partial charge in [-0.1, -0.05) is 6.42 Å². The van der Waals surface area contributed by atoms with Gasteiger partial charge >= 0.3 is 0 Å². The molecule has 0 spiro atoms. The van der Waals surface area contributed by atoms with Crippen LogP contribution < -0.4 is 5.32 Å². The Morgan fingerprint density at radius 1 is 1.50 bits per heavy atom. The zero-order valence-corrected chi connectivity index (χ0v) is 9.45. The van der Waals surface area contributed by atoms with Crippen molar-refractivity contribution in [1.29, 1.82) is 0 Å². The van der Waals surface area contributed by atoms with Crippen molar-refractivity contribution in [3.63, 3.8) is 0 Å². The van der Waals surface area contributed by atoms with Crippen molar-refractivity contribution < 1.29 is 0 Å². The first-order chi connectivity index (χ1) is 6.74. The average Bonchev–Trinajstić information content (AvgIpc) is 2.58. The minimum Gasteiger partial charge on any atom is -0.338 e. The lowest BCUT2D eigenvalue weighted by molar-refractivity contribution is 0.523. The lowest BCUT2D eigenvalue weighted by atomic mass is 10.1. The number of hydrogen-bond acceptors (Lipinski definition) is 2. The van der Waals surface area contributed by atoms with Crippen molar-refractivity contribution in [1.82, 2.24) is 14.9 Å². The molecule has 0 amide bonds. The van der Waals surface area contributed by atoms with E-state index in [1.165, 1.54) is 25.1 Å². The van der Waals surface area contributed by atoms with Crippen LogP contribution in [0.2, 0.25) is 0 Å². The second-order valence-electron chi connectivity index (χ2n) is 3.89. The quantitative estimate of drug-likeness (QED) is 0.701. The van der Waals surface area contributed by atoms with E-state index in [1.807, 2.05) is 19.4 Å². The zero-order valence-electron chi connectivity index (χ0n) is 9.45. The molecule has 0 aliphatic heterocycles. The van der Waals surface area contributed by atoms with E-state index in [0.717, 1.165) is 6.42 Å². The summed E-state index contributed by atoms with van der Waals surface area (Å²) in [5.74, 6) is 1.20. The standard InChI is InChI=1S/C11H21N3/c1-10(12-2)6-4-5-7-11-13-8-9-14(11)3/h8-10,12H,4-7H2,1-3H3. The van der Waals surface area contributed by atoms with Crippen LogP contribution in [0.1, 0.15) is 32.0 Å². The maximum atomic E-state index is 4.30. The third-order valence-electron chi connectivity index (χ3n) is 2.70. The Morgan fingerprint density at radius 3 is 2.86 bits per heavy atom. The number of imidazole rings is 1. The minimum atomic E-state index is 0.636. The molecule has 0 radical (unpaired) electrons. The summed E-state index contributed by atoms with van der Waals surface area (Å²) in [7, 11) is 4.07. The van der Waals surface area contributed by atoms with Crippen LogP contribution in [-0.2, 0) is 13.5 Å². The zero-order chi connectivity index (χ0) is 10.4. The molecule has 1 aromatic rings. The molecule has 80 valence electrons. The van der Waals surface area contributed by atoms with Crippen molar-refractivity contribution in [3.8, 4) is 0 Å². The van der Waals surface area contributed by atoms with Gasteiger partial charge in [-0.15, -0.1) is 0 Å². The third kappa shape index (κ3) is 3.50. The van der Waals surface area contributed by atoms with E-state index >= 15 is 0 Å². The fourth-order valence-corrected chi connectivity index (χ4v) is 1.52. The largest absolute Gasteiger partial charge is 0.338 e. The number of unbranched alkanes of at least 4 members (excludes halogenated alkanes) is 1. The summed E-state index contributed by atoms with van der Waals surface area (Å²) in [4.78, 5) is 4.30. The Morgan fingerprint density at radius 2 is 2.29 bits per heavy atom. The van der Waals surface area contributed by atoms with Gasteiger partial charge in [-0.2, -0.15) is 0 Å². The van der Waals surface area contributed by atoms with Crippen molar-refractivity contribution in [3.05, 3.63) is 18.2 Å². The highest BCUT2D eigenvalue weighted by atomic mass is 15.0. The summed E-state index contributed by atoms with van der Waals surface area (Å²) in [6.45, 7) is 2.22. The van der Waals surface area contributed by atoms with Gasteiger partial charge in [0.25, 0.3) is 0 Å². The average molecular weight is 195 g/mol. The van der Waals surface area contributed by atoms with E-state index in [4.69, 9.17) is 0 Å². The smallest absolute Gasteiger partial charge is 0.108 e. The van der Waals surface area contributed by atoms with Crippen LogP contribution in [0, 0.1) is 0 Å². The summed E-state index contributed by atoms with van der Waals surface area (Å²) in [5.41, 5.74) is 0. The van der Waals surface area contributed by atoms with Crippen LogP contribution in [0.4, 0.5) is 0 Å². The van der Waals surface area contributed by atoms with Crippen molar-refractivity contribution in [2.75, 3.05) is 7.05 Å². The summed E-state index contributed by atoms with van der Waals surface area (Å²) < 4.78 is 2.10. The third-order valence-corrected chi connectivity index (χ3v) is 2.70. The molecule has 3 nitrogen and oxygen atoms in total. The molecule has 0 saturated heterocycles. The summed E-state index contributed by atoms with van der Waals surface area (Å²) in [6, 6.07) is 0.636. The van der Waals surface area contributed by atoms with Crippen LogP contribution in [0.25, 0.3) is 0 Å². The fourth-order valence-electron chi connectivity index (χ4n) is 1.52. The lowest BCUT2D eigenvalue weighted by Gasteiger charge is -2.08. The molecule has 0 bridgehead atoms. The van der Waals surface area contributed by atoms with Crippen molar-refractivity contribution in [2.45, 2.75) is 38.6 Å². The first-order valence-corrected chi connectivity index (χ1v) is 5.37. The van der Waals surface area contributed by atoms with Crippen molar-refractivity contribution in [2.24, 2.45) is 7.05 Å². The van der Waals surface area contributed by atoms with Gasteiger partial charge in [0.05, 0.1) is 0 Å². The van der Waals surface area contributed by atoms with E-state index in [-0.39, 0.29) is 0 Å². The number of aromatic nitrogens is 2. The van der Waals surface area contributed by atoms with E-state index in [9.17, 15) is 0 Å². The highest BCUT2D eigenvalue weighted by molar-refractivity contribution is 4.90. The van der Waals surface area contributed by atoms with Crippen LogP contribution in [0.5, 0.6) is 0 Å². The summed E-state index contributed by atoms with van der Waals surface area (Å²) in [6.07, 6.45) is 8.73.